The summed E-state index contributed by atoms with van der Waals surface area (Å²) in [5, 5.41) is 9.19. The van der Waals surface area contributed by atoms with E-state index in [0.717, 1.165) is 0 Å². The van der Waals surface area contributed by atoms with Crippen LogP contribution in [-0.4, -0.2) is 19.9 Å². The van der Waals surface area contributed by atoms with Crippen molar-refractivity contribution in [3.8, 4) is 5.75 Å². The lowest BCUT2D eigenvalue weighted by Gasteiger charge is -2.04. The van der Waals surface area contributed by atoms with Crippen LogP contribution in [-0.2, 0) is 10.7 Å². The number of rotatable bonds is 2. The molecule has 0 aliphatic carbocycles. The maximum Gasteiger partial charge on any atom is 0.330 e. The highest BCUT2D eigenvalue weighted by atomic mass is 31.2. The Labute approximate surface area is 79.4 Å². The van der Waals surface area contributed by atoms with Gasteiger partial charge < -0.3 is 19.9 Å². The Kier molecular flexibility index (Phi) is 2.80. The first-order valence-corrected chi connectivity index (χ1v) is 5.56. The van der Waals surface area contributed by atoms with Crippen molar-refractivity contribution >= 4 is 7.60 Å². The molecule has 0 radical (unpaired) electrons. The highest BCUT2D eigenvalue weighted by molar-refractivity contribution is 7.50. The van der Waals surface area contributed by atoms with Gasteiger partial charge in [0, 0.05) is 11.8 Å². The monoisotopic (exact) mass is 219 g/mol. The van der Waals surface area contributed by atoms with Crippen molar-refractivity contribution in [2.75, 3.05) is 0 Å². The van der Waals surface area contributed by atoms with Crippen molar-refractivity contribution in [2.45, 2.75) is 13.1 Å². The van der Waals surface area contributed by atoms with Crippen LogP contribution >= 0.6 is 7.60 Å². The second-order valence-electron chi connectivity index (χ2n) is 2.94. The van der Waals surface area contributed by atoms with Crippen molar-refractivity contribution in [1.29, 1.82) is 0 Å². The van der Waals surface area contributed by atoms with Gasteiger partial charge in [-0.25, -0.2) is 0 Å². The van der Waals surface area contributed by atoms with Gasteiger partial charge in [0.15, 0.2) is 5.75 Å². The summed E-state index contributed by atoms with van der Waals surface area (Å²) in [5.41, 5.74) is -0.601. The number of aromatic amines is 1. The maximum absolute atomic E-state index is 11.3. The highest BCUT2D eigenvalue weighted by Crippen LogP contribution is 2.38. The standard InChI is InChI=1S/C7H10NO5P/c1-4-6(9)7(10)5(2-8-4)3-14(11,12)13/h2,9H,3H2,1H3,(H,8,10)(H2,11,12,13). The summed E-state index contributed by atoms with van der Waals surface area (Å²) in [6.07, 6.45) is 0.520. The number of nitrogens with one attached hydrogen (secondary N) is 1. The Hall–Kier alpha value is -1.10. The zero-order chi connectivity index (χ0) is 10.9. The van der Waals surface area contributed by atoms with Crippen LogP contribution in [0.15, 0.2) is 11.0 Å². The Morgan fingerprint density at radius 2 is 2.07 bits per heavy atom. The van der Waals surface area contributed by atoms with Gasteiger partial charge >= 0.3 is 7.60 Å². The molecule has 0 fully saturated rings. The van der Waals surface area contributed by atoms with Gasteiger partial charge in [-0.3, -0.25) is 9.36 Å². The van der Waals surface area contributed by atoms with Crippen LogP contribution in [0.1, 0.15) is 11.3 Å². The van der Waals surface area contributed by atoms with Crippen LogP contribution in [0.2, 0.25) is 0 Å². The Morgan fingerprint density at radius 1 is 1.50 bits per heavy atom. The molecule has 14 heavy (non-hydrogen) atoms. The van der Waals surface area contributed by atoms with E-state index in [1.807, 2.05) is 0 Å². The summed E-state index contributed by atoms with van der Waals surface area (Å²) in [4.78, 5) is 31.1. The fourth-order valence-electron chi connectivity index (χ4n) is 0.991. The highest BCUT2D eigenvalue weighted by Gasteiger charge is 2.18. The topological polar surface area (TPSA) is 111 Å². The van der Waals surface area contributed by atoms with E-state index >= 15 is 0 Å². The third kappa shape index (κ3) is 2.45. The lowest BCUT2D eigenvalue weighted by atomic mass is 10.2. The van der Waals surface area contributed by atoms with Gasteiger partial charge in [-0.2, -0.15) is 0 Å². The first kappa shape index (κ1) is 11.0. The number of hydrogen-bond acceptors (Lipinski definition) is 3. The van der Waals surface area contributed by atoms with E-state index in [1.165, 1.54) is 13.1 Å². The summed E-state index contributed by atoms with van der Waals surface area (Å²) >= 11 is 0. The quantitative estimate of drug-likeness (QED) is 0.526. The minimum Gasteiger partial charge on any atom is -0.503 e. The van der Waals surface area contributed by atoms with Crippen molar-refractivity contribution in [1.82, 2.24) is 4.98 Å². The molecular formula is C7H10NO5P. The second kappa shape index (κ2) is 3.57. The normalized spacial score (nSPS) is 11.6. The lowest BCUT2D eigenvalue weighted by Crippen LogP contribution is -2.10. The van der Waals surface area contributed by atoms with Gasteiger partial charge in [0.2, 0.25) is 5.43 Å². The predicted molar refractivity (Wildman–Crippen MR) is 49.2 cm³/mol. The molecule has 0 aromatic carbocycles. The molecule has 0 saturated carbocycles. The Balaban J connectivity index is 3.20. The molecule has 0 bridgehead atoms. The SMILES string of the molecule is Cc1[nH]cc(CP(=O)(O)O)c(=O)c1O. The van der Waals surface area contributed by atoms with Gasteiger partial charge in [-0.1, -0.05) is 0 Å². The number of aromatic hydroxyl groups is 1. The molecule has 4 N–H and O–H groups in total. The van der Waals surface area contributed by atoms with E-state index in [0.29, 0.717) is 0 Å². The smallest absolute Gasteiger partial charge is 0.330 e. The van der Waals surface area contributed by atoms with E-state index in [4.69, 9.17) is 9.79 Å². The maximum atomic E-state index is 11.3. The summed E-state index contributed by atoms with van der Waals surface area (Å²) in [6, 6.07) is 0. The fraction of sp³-hybridized carbons (Fsp3) is 0.286. The first-order valence-electron chi connectivity index (χ1n) is 3.76. The molecule has 1 aromatic heterocycles. The zero-order valence-corrected chi connectivity index (χ0v) is 8.28. The largest absolute Gasteiger partial charge is 0.503 e. The molecule has 1 heterocycles. The van der Waals surface area contributed by atoms with Crippen molar-refractivity contribution in [2.24, 2.45) is 0 Å². The molecule has 0 unspecified atom stereocenters. The second-order valence-corrected chi connectivity index (χ2v) is 4.59. The average molecular weight is 219 g/mol. The number of hydrogen-bond donors (Lipinski definition) is 4. The van der Waals surface area contributed by atoms with Gasteiger partial charge in [0.05, 0.1) is 11.9 Å². The van der Waals surface area contributed by atoms with Crippen LogP contribution in [0.5, 0.6) is 5.75 Å². The van der Waals surface area contributed by atoms with Crippen LogP contribution in [0.25, 0.3) is 0 Å². The number of H-pyrrole nitrogens is 1. The van der Waals surface area contributed by atoms with Gasteiger partial charge in [0.1, 0.15) is 0 Å². The van der Waals surface area contributed by atoms with Gasteiger partial charge in [-0.15, -0.1) is 0 Å². The van der Waals surface area contributed by atoms with Crippen LogP contribution in [0.4, 0.5) is 0 Å². The molecule has 6 nitrogen and oxygen atoms in total. The third-order valence-corrected chi connectivity index (χ3v) is 2.45. The molecular weight excluding hydrogens is 209 g/mol. The van der Waals surface area contributed by atoms with E-state index in [9.17, 15) is 14.5 Å². The third-order valence-electron chi connectivity index (χ3n) is 1.70. The molecule has 7 heteroatoms. The Morgan fingerprint density at radius 3 is 2.57 bits per heavy atom. The van der Waals surface area contributed by atoms with E-state index in [-0.39, 0.29) is 11.3 Å². The lowest BCUT2D eigenvalue weighted by molar-refractivity contribution is 0.371. The van der Waals surface area contributed by atoms with E-state index < -0.39 is 24.9 Å². The molecule has 0 amide bonds. The summed E-state index contributed by atoms with van der Waals surface area (Å²) in [7, 11) is -4.28. The van der Waals surface area contributed by atoms with Crippen LogP contribution < -0.4 is 5.43 Å². The minimum atomic E-state index is -4.28. The molecule has 0 aliphatic heterocycles. The summed E-state index contributed by atoms with van der Waals surface area (Å²) in [6.45, 7) is 1.48. The Bertz CT molecular complexity index is 446. The van der Waals surface area contributed by atoms with E-state index in [2.05, 4.69) is 4.98 Å². The van der Waals surface area contributed by atoms with Crippen LogP contribution in [0, 0.1) is 6.92 Å². The average Bonchev–Trinajstić information content (AvgIpc) is 2.04. The summed E-state index contributed by atoms with van der Waals surface area (Å²) < 4.78 is 10.6. The predicted octanol–water partition coefficient (Wildman–Crippen LogP) is 0.0666. The molecule has 78 valence electrons. The van der Waals surface area contributed by atoms with Gasteiger partial charge in [0.25, 0.3) is 0 Å². The van der Waals surface area contributed by atoms with Gasteiger partial charge in [-0.05, 0) is 6.92 Å². The molecule has 0 saturated heterocycles. The number of aromatic nitrogens is 1. The van der Waals surface area contributed by atoms with Crippen molar-refractivity contribution in [3.05, 3.63) is 27.7 Å². The fourth-order valence-corrected chi connectivity index (χ4v) is 1.67. The summed E-state index contributed by atoms with van der Waals surface area (Å²) in [5.74, 6) is -0.504. The molecule has 1 rings (SSSR count). The van der Waals surface area contributed by atoms with E-state index in [1.54, 1.807) is 0 Å². The molecule has 0 atom stereocenters. The first-order chi connectivity index (χ1) is 6.31. The van der Waals surface area contributed by atoms with Crippen LogP contribution in [0.3, 0.4) is 0 Å². The zero-order valence-electron chi connectivity index (χ0n) is 7.39. The number of aryl methyl sites for hydroxylation is 1. The molecule has 1 aromatic rings. The molecule has 0 spiro atoms. The van der Waals surface area contributed by atoms with Crippen molar-refractivity contribution < 1.29 is 19.5 Å². The minimum absolute atomic E-state index is 0.124. The van der Waals surface area contributed by atoms with Crippen molar-refractivity contribution in [3.63, 3.8) is 0 Å². The molecule has 0 aliphatic rings. The number of pyridine rings is 1.